The van der Waals surface area contributed by atoms with E-state index in [1.807, 2.05) is 24.3 Å². The zero-order valence-electron chi connectivity index (χ0n) is 13.9. The van der Waals surface area contributed by atoms with Crippen molar-refractivity contribution in [3.63, 3.8) is 0 Å². The summed E-state index contributed by atoms with van der Waals surface area (Å²) in [5, 5.41) is 5.59. The molecule has 2 aromatic rings. The molecule has 2 amide bonds. The van der Waals surface area contributed by atoms with Crippen LogP contribution in [0.5, 0.6) is 5.75 Å². The van der Waals surface area contributed by atoms with E-state index in [1.54, 1.807) is 12.1 Å². The third kappa shape index (κ3) is 3.22. The molecule has 5 nitrogen and oxygen atoms in total. The minimum atomic E-state index is -0.433. The van der Waals surface area contributed by atoms with E-state index in [0.29, 0.717) is 18.5 Å². The van der Waals surface area contributed by atoms with Crippen LogP contribution < -0.4 is 15.4 Å². The van der Waals surface area contributed by atoms with Crippen LogP contribution in [0.3, 0.4) is 0 Å². The Balaban J connectivity index is 1.48. The van der Waals surface area contributed by atoms with Crippen LogP contribution in [0.4, 0.5) is 0 Å². The Kier molecular flexibility index (Phi) is 4.14. The first-order valence-corrected chi connectivity index (χ1v) is 8.65. The minimum absolute atomic E-state index is 0.100. The molecule has 1 saturated heterocycles. The van der Waals surface area contributed by atoms with Crippen molar-refractivity contribution in [2.24, 2.45) is 0 Å². The summed E-state index contributed by atoms with van der Waals surface area (Å²) in [4.78, 5) is 24.1. The van der Waals surface area contributed by atoms with Crippen LogP contribution in [-0.4, -0.2) is 31.0 Å². The molecule has 0 radical (unpaired) electrons. The van der Waals surface area contributed by atoms with Crippen LogP contribution in [0, 0.1) is 0 Å². The molecule has 2 N–H and O–H groups in total. The predicted octanol–water partition coefficient (Wildman–Crippen LogP) is 2.30. The summed E-state index contributed by atoms with van der Waals surface area (Å²) in [5.41, 5.74) is 3.96. The average molecular weight is 336 g/mol. The molecule has 1 fully saturated rings. The van der Waals surface area contributed by atoms with Crippen molar-refractivity contribution in [3.05, 3.63) is 53.6 Å². The Morgan fingerprint density at radius 2 is 1.92 bits per heavy atom. The number of rotatable bonds is 3. The number of carbonyl (C=O) groups is 2. The van der Waals surface area contributed by atoms with Crippen molar-refractivity contribution in [2.45, 2.75) is 25.3 Å². The average Bonchev–Trinajstić information content (AvgIpc) is 3.11. The van der Waals surface area contributed by atoms with Gasteiger partial charge in [-0.15, -0.1) is 0 Å². The second-order valence-electron chi connectivity index (χ2n) is 6.46. The highest BCUT2D eigenvalue weighted by Gasteiger charge is 2.24. The molecule has 0 spiro atoms. The second-order valence-corrected chi connectivity index (χ2v) is 6.46. The molecular formula is C20H20N2O3. The van der Waals surface area contributed by atoms with Gasteiger partial charge in [0.05, 0.1) is 6.61 Å². The first-order chi connectivity index (χ1) is 12.2. The molecule has 0 bridgehead atoms. The highest BCUT2D eigenvalue weighted by molar-refractivity contribution is 5.98. The standard InChI is InChI=1S/C20H20N2O3/c23-19(22-17-2-1-10-21-20(17)24)14-5-3-13(4-6-14)15-7-8-18-16(12-15)9-11-25-18/h3-8,12,17H,1-2,9-11H2,(H,21,24)(H,22,23)/t17-/m0/s1. The van der Waals surface area contributed by atoms with Crippen molar-refractivity contribution < 1.29 is 14.3 Å². The maximum Gasteiger partial charge on any atom is 0.251 e. The lowest BCUT2D eigenvalue weighted by Crippen LogP contribution is -2.50. The van der Waals surface area contributed by atoms with Crippen molar-refractivity contribution in [1.82, 2.24) is 10.6 Å². The van der Waals surface area contributed by atoms with Gasteiger partial charge in [-0.1, -0.05) is 18.2 Å². The fourth-order valence-electron chi connectivity index (χ4n) is 3.33. The number of benzene rings is 2. The Bertz CT molecular complexity index is 814. The van der Waals surface area contributed by atoms with Crippen molar-refractivity contribution >= 4 is 11.8 Å². The van der Waals surface area contributed by atoms with E-state index in [2.05, 4.69) is 16.7 Å². The van der Waals surface area contributed by atoms with Crippen molar-refractivity contribution in [2.75, 3.05) is 13.2 Å². The normalized spacial score (nSPS) is 18.9. The molecule has 2 heterocycles. The maximum absolute atomic E-state index is 12.4. The smallest absolute Gasteiger partial charge is 0.251 e. The molecule has 2 aliphatic rings. The summed E-state index contributed by atoms with van der Waals surface area (Å²) in [6.07, 6.45) is 2.51. The molecule has 0 saturated carbocycles. The summed E-state index contributed by atoms with van der Waals surface area (Å²) in [6.45, 7) is 1.43. The highest BCUT2D eigenvalue weighted by Crippen LogP contribution is 2.30. The maximum atomic E-state index is 12.4. The molecule has 128 valence electrons. The lowest BCUT2D eigenvalue weighted by Gasteiger charge is -2.22. The van der Waals surface area contributed by atoms with E-state index >= 15 is 0 Å². The van der Waals surface area contributed by atoms with Gasteiger partial charge in [0.25, 0.3) is 5.91 Å². The monoisotopic (exact) mass is 336 g/mol. The van der Waals surface area contributed by atoms with E-state index < -0.39 is 6.04 Å². The van der Waals surface area contributed by atoms with Gasteiger partial charge in [-0.3, -0.25) is 9.59 Å². The van der Waals surface area contributed by atoms with Gasteiger partial charge in [0.1, 0.15) is 11.8 Å². The Morgan fingerprint density at radius 3 is 2.72 bits per heavy atom. The lowest BCUT2D eigenvalue weighted by molar-refractivity contribution is -0.124. The van der Waals surface area contributed by atoms with Gasteiger partial charge < -0.3 is 15.4 Å². The number of piperidine rings is 1. The Hall–Kier alpha value is -2.82. The largest absolute Gasteiger partial charge is 0.493 e. The molecule has 0 aromatic heterocycles. The van der Waals surface area contributed by atoms with Gasteiger partial charge in [0.15, 0.2) is 0 Å². The molecule has 0 unspecified atom stereocenters. The third-order valence-corrected chi connectivity index (χ3v) is 4.76. The van der Waals surface area contributed by atoms with Gasteiger partial charge in [-0.05, 0) is 53.8 Å². The van der Waals surface area contributed by atoms with Gasteiger partial charge in [0, 0.05) is 18.5 Å². The summed E-state index contributed by atoms with van der Waals surface area (Å²) in [6, 6.07) is 13.2. The number of hydrogen-bond donors (Lipinski definition) is 2. The fourth-order valence-corrected chi connectivity index (χ4v) is 3.33. The van der Waals surface area contributed by atoms with E-state index in [0.717, 1.165) is 36.3 Å². The molecular weight excluding hydrogens is 316 g/mol. The number of carbonyl (C=O) groups excluding carboxylic acids is 2. The van der Waals surface area contributed by atoms with Gasteiger partial charge in [-0.2, -0.15) is 0 Å². The molecule has 2 aromatic carbocycles. The molecule has 2 aliphatic heterocycles. The van der Waals surface area contributed by atoms with E-state index in [1.165, 1.54) is 5.56 Å². The zero-order chi connectivity index (χ0) is 17.2. The number of hydrogen-bond acceptors (Lipinski definition) is 3. The van der Waals surface area contributed by atoms with Crippen LogP contribution in [0.15, 0.2) is 42.5 Å². The number of amides is 2. The topological polar surface area (TPSA) is 67.4 Å². The number of fused-ring (bicyclic) bond motifs is 1. The van der Waals surface area contributed by atoms with E-state index in [4.69, 9.17) is 4.74 Å². The first kappa shape index (κ1) is 15.7. The number of ether oxygens (including phenoxy) is 1. The molecule has 0 aliphatic carbocycles. The second kappa shape index (κ2) is 6.59. The van der Waals surface area contributed by atoms with Crippen LogP contribution >= 0.6 is 0 Å². The van der Waals surface area contributed by atoms with Gasteiger partial charge in [0.2, 0.25) is 5.91 Å². The minimum Gasteiger partial charge on any atom is -0.493 e. The highest BCUT2D eigenvalue weighted by atomic mass is 16.5. The van der Waals surface area contributed by atoms with Gasteiger partial charge in [-0.25, -0.2) is 0 Å². The summed E-state index contributed by atoms with van der Waals surface area (Å²) in [5.74, 6) is 0.651. The molecule has 1 atom stereocenters. The third-order valence-electron chi connectivity index (χ3n) is 4.76. The summed E-state index contributed by atoms with van der Waals surface area (Å²) < 4.78 is 5.54. The zero-order valence-corrected chi connectivity index (χ0v) is 13.9. The quantitative estimate of drug-likeness (QED) is 0.904. The van der Waals surface area contributed by atoms with E-state index in [9.17, 15) is 9.59 Å². The Labute approximate surface area is 146 Å². The summed E-state index contributed by atoms with van der Waals surface area (Å²) in [7, 11) is 0. The molecule has 5 heteroatoms. The Morgan fingerprint density at radius 1 is 1.12 bits per heavy atom. The van der Waals surface area contributed by atoms with Gasteiger partial charge >= 0.3 is 0 Å². The SMILES string of the molecule is O=C(N[C@H]1CCCNC1=O)c1ccc(-c2ccc3c(c2)CCO3)cc1. The van der Waals surface area contributed by atoms with Crippen molar-refractivity contribution in [1.29, 1.82) is 0 Å². The first-order valence-electron chi connectivity index (χ1n) is 8.65. The number of nitrogens with one attached hydrogen (secondary N) is 2. The van der Waals surface area contributed by atoms with Crippen LogP contribution in [0.25, 0.3) is 11.1 Å². The fraction of sp³-hybridized carbons (Fsp3) is 0.300. The van der Waals surface area contributed by atoms with Crippen LogP contribution in [0.1, 0.15) is 28.8 Å². The molecule has 25 heavy (non-hydrogen) atoms. The van der Waals surface area contributed by atoms with Crippen molar-refractivity contribution in [3.8, 4) is 16.9 Å². The summed E-state index contributed by atoms with van der Waals surface area (Å²) >= 11 is 0. The van der Waals surface area contributed by atoms with Crippen LogP contribution in [0.2, 0.25) is 0 Å². The lowest BCUT2D eigenvalue weighted by atomic mass is 10.0. The predicted molar refractivity (Wildman–Crippen MR) is 94.6 cm³/mol. The van der Waals surface area contributed by atoms with E-state index in [-0.39, 0.29) is 11.8 Å². The molecule has 4 rings (SSSR count). The van der Waals surface area contributed by atoms with Crippen LogP contribution in [-0.2, 0) is 11.2 Å².